The lowest BCUT2D eigenvalue weighted by Gasteiger charge is -2.22. The fourth-order valence-electron chi connectivity index (χ4n) is 2.36. The molecule has 1 aliphatic rings. The van der Waals surface area contributed by atoms with E-state index in [9.17, 15) is 4.79 Å². The molecule has 1 saturated carbocycles. The number of hydrogen-bond acceptors (Lipinski definition) is 5. The van der Waals surface area contributed by atoms with Crippen LogP contribution in [-0.4, -0.2) is 29.4 Å². The zero-order valence-corrected chi connectivity index (χ0v) is 13.1. The van der Waals surface area contributed by atoms with Crippen molar-refractivity contribution < 1.29 is 9.63 Å². The summed E-state index contributed by atoms with van der Waals surface area (Å²) in [5.74, 6) is 0.193. The van der Waals surface area contributed by atoms with Gasteiger partial charge < -0.3 is 15.9 Å². The van der Waals surface area contributed by atoms with Crippen molar-refractivity contribution in [2.75, 3.05) is 6.61 Å². The first-order valence-corrected chi connectivity index (χ1v) is 8.16. The van der Waals surface area contributed by atoms with Gasteiger partial charge in [0.15, 0.2) is 6.61 Å². The smallest absolute Gasteiger partial charge is 0.260 e. The molecule has 0 unspecified atom stereocenters. The SMILES string of the molecule is Cc1csc(CC(N)=NOCC(=O)NC2CCCCC2)n1. The highest BCUT2D eigenvalue weighted by atomic mass is 32.1. The molecule has 1 aromatic heterocycles. The molecule has 0 atom stereocenters. The fraction of sp³-hybridized carbons (Fsp3) is 0.643. The van der Waals surface area contributed by atoms with Gasteiger partial charge in [-0.3, -0.25) is 4.79 Å². The summed E-state index contributed by atoms with van der Waals surface area (Å²) in [6.07, 6.45) is 6.19. The van der Waals surface area contributed by atoms with Crippen molar-refractivity contribution in [3.63, 3.8) is 0 Å². The van der Waals surface area contributed by atoms with E-state index in [1.165, 1.54) is 30.6 Å². The largest absolute Gasteiger partial charge is 0.384 e. The predicted octanol–water partition coefficient (Wildman–Crippen LogP) is 1.73. The number of hydrogen-bond donors (Lipinski definition) is 2. The summed E-state index contributed by atoms with van der Waals surface area (Å²) in [7, 11) is 0. The van der Waals surface area contributed by atoms with E-state index in [1.54, 1.807) is 0 Å². The van der Waals surface area contributed by atoms with Gasteiger partial charge in [-0.05, 0) is 19.8 Å². The second kappa shape index (κ2) is 7.97. The second-order valence-corrected chi connectivity index (χ2v) is 6.26. The van der Waals surface area contributed by atoms with E-state index in [0.29, 0.717) is 12.3 Å². The highest BCUT2D eigenvalue weighted by Crippen LogP contribution is 2.17. The molecule has 0 aromatic carbocycles. The number of aromatic nitrogens is 1. The van der Waals surface area contributed by atoms with Crippen molar-refractivity contribution >= 4 is 23.1 Å². The van der Waals surface area contributed by atoms with Crippen LogP contribution < -0.4 is 11.1 Å². The Balaban J connectivity index is 1.67. The molecule has 1 aliphatic carbocycles. The number of nitrogens with zero attached hydrogens (tertiary/aromatic N) is 2. The van der Waals surface area contributed by atoms with E-state index in [0.717, 1.165) is 23.5 Å². The summed E-state index contributed by atoms with van der Waals surface area (Å²) in [6.45, 7) is 1.84. The molecule has 0 bridgehead atoms. The molecule has 0 saturated heterocycles. The molecule has 1 fully saturated rings. The Hall–Kier alpha value is -1.63. The summed E-state index contributed by atoms with van der Waals surface area (Å²) in [5.41, 5.74) is 6.71. The lowest BCUT2D eigenvalue weighted by Crippen LogP contribution is -2.38. The molecule has 116 valence electrons. The number of nitrogens with two attached hydrogens (primary N) is 1. The van der Waals surface area contributed by atoms with Gasteiger partial charge in [0.1, 0.15) is 10.8 Å². The first kappa shape index (κ1) is 15.8. The predicted molar refractivity (Wildman–Crippen MR) is 83.1 cm³/mol. The molecule has 0 radical (unpaired) electrons. The van der Waals surface area contributed by atoms with Crippen molar-refractivity contribution in [2.24, 2.45) is 10.9 Å². The second-order valence-electron chi connectivity index (χ2n) is 5.32. The quantitative estimate of drug-likeness (QED) is 0.476. The number of carbonyl (C=O) groups is 1. The minimum Gasteiger partial charge on any atom is -0.384 e. The molecular weight excluding hydrogens is 288 g/mol. The molecule has 0 spiro atoms. The van der Waals surface area contributed by atoms with Crippen LogP contribution >= 0.6 is 11.3 Å². The molecule has 21 heavy (non-hydrogen) atoms. The van der Waals surface area contributed by atoms with E-state index in [4.69, 9.17) is 10.6 Å². The number of carbonyl (C=O) groups excluding carboxylic acids is 1. The van der Waals surface area contributed by atoms with Crippen LogP contribution in [0.15, 0.2) is 10.5 Å². The van der Waals surface area contributed by atoms with Crippen molar-refractivity contribution in [1.29, 1.82) is 0 Å². The normalized spacial score (nSPS) is 16.7. The summed E-state index contributed by atoms with van der Waals surface area (Å²) >= 11 is 1.53. The molecule has 7 heteroatoms. The van der Waals surface area contributed by atoms with E-state index in [-0.39, 0.29) is 18.6 Å². The van der Waals surface area contributed by atoms with Crippen LogP contribution in [-0.2, 0) is 16.1 Å². The molecule has 6 nitrogen and oxygen atoms in total. The summed E-state index contributed by atoms with van der Waals surface area (Å²) < 4.78 is 0. The first-order chi connectivity index (χ1) is 10.1. The molecule has 2 rings (SSSR count). The van der Waals surface area contributed by atoms with Crippen LogP contribution in [0.4, 0.5) is 0 Å². The number of nitrogens with one attached hydrogen (secondary N) is 1. The van der Waals surface area contributed by atoms with Gasteiger partial charge in [-0.1, -0.05) is 24.4 Å². The van der Waals surface area contributed by atoms with Gasteiger partial charge in [-0.2, -0.15) is 0 Å². The third kappa shape index (κ3) is 5.71. The van der Waals surface area contributed by atoms with Gasteiger partial charge in [0, 0.05) is 17.1 Å². The lowest BCUT2D eigenvalue weighted by molar-refractivity contribution is -0.126. The topological polar surface area (TPSA) is 89.6 Å². The molecular formula is C14H22N4O2S. The third-order valence-corrected chi connectivity index (χ3v) is 4.31. The Morgan fingerprint density at radius 1 is 1.52 bits per heavy atom. The Morgan fingerprint density at radius 2 is 2.29 bits per heavy atom. The average molecular weight is 310 g/mol. The highest BCUT2D eigenvalue weighted by molar-refractivity contribution is 7.09. The lowest BCUT2D eigenvalue weighted by atomic mass is 9.95. The standard InChI is InChI=1S/C14H22N4O2S/c1-10-9-21-14(16-10)7-12(15)18-20-8-13(19)17-11-5-3-2-4-6-11/h9,11H,2-8H2,1H3,(H2,15,18)(H,17,19). The minimum atomic E-state index is -0.136. The molecule has 1 heterocycles. The first-order valence-electron chi connectivity index (χ1n) is 7.28. The molecule has 1 amide bonds. The Morgan fingerprint density at radius 3 is 2.95 bits per heavy atom. The Bertz CT molecular complexity index is 495. The number of rotatable bonds is 6. The van der Waals surface area contributed by atoms with E-state index in [1.807, 2.05) is 12.3 Å². The number of oxime groups is 1. The number of amides is 1. The Labute approximate surface area is 128 Å². The van der Waals surface area contributed by atoms with Crippen LogP contribution in [0, 0.1) is 6.92 Å². The summed E-state index contributed by atoms with van der Waals surface area (Å²) in [4.78, 5) is 21.0. The molecule has 0 aliphatic heterocycles. The van der Waals surface area contributed by atoms with E-state index in [2.05, 4.69) is 15.5 Å². The maximum absolute atomic E-state index is 11.7. The average Bonchev–Trinajstić information content (AvgIpc) is 2.85. The van der Waals surface area contributed by atoms with Gasteiger partial charge in [-0.25, -0.2) is 4.98 Å². The van der Waals surface area contributed by atoms with Crippen LogP contribution in [0.5, 0.6) is 0 Å². The van der Waals surface area contributed by atoms with Gasteiger partial charge >= 0.3 is 0 Å². The van der Waals surface area contributed by atoms with Gasteiger partial charge in [0.2, 0.25) is 0 Å². The van der Waals surface area contributed by atoms with Gasteiger partial charge in [0.05, 0.1) is 6.42 Å². The number of amidine groups is 1. The van der Waals surface area contributed by atoms with Crippen LogP contribution in [0.1, 0.15) is 42.8 Å². The van der Waals surface area contributed by atoms with E-state index < -0.39 is 0 Å². The highest BCUT2D eigenvalue weighted by Gasteiger charge is 2.15. The van der Waals surface area contributed by atoms with Crippen molar-refractivity contribution in [1.82, 2.24) is 10.3 Å². The van der Waals surface area contributed by atoms with Crippen LogP contribution in [0.2, 0.25) is 0 Å². The van der Waals surface area contributed by atoms with E-state index >= 15 is 0 Å². The Kier molecular flexibility index (Phi) is 5.98. The zero-order chi connectivity index (χ0) is 15.1. The monoisotopic (exact) mass is 310 g/mol. The maximum Gasteiger partial charge on any atom is 0.260 e. The van der Waals surface area contributed by atoms with Gasteiger partial charge in [0.25, 0.3) is 5.91 Å². The maximum atomic E-state index is 11.7. The van der Waals surface area contributed by atoms with Gasteiger partial charge in [-0.15, -0.1) is 11.3 Å². The fourth-order valence-corrected chi connectivity index (χ4v) is 3.15. The summed E-state index contributed by atoms with van der Waals surface area (Å²) in [5, 5.41) is 9.58. The number of thiazole rings is 1. The minimum absolute atomic E-state index is 0.0892. The van der Waals surface area contributed by atoms with Crippen LogP contribution in [0.25, 0.3) is 0 Å². The third-order valence-electron chi connectivity index (χ3n) is 3.35. The van der Waals surface area contributed by atoms with Crippen molar-refractivity contribution in [2.45, 2.75) is 51.5 Å². The van der Waals surface area contributed by atoms with Crippen LogP contribution in [0.3, 0.4) is 0 Å². The summed E-state index contributed by atoms with van der Waals surface area (Å²) in [6, 6.07) is 0.287. The van der Waals surface area contributed by atoms with Crippen molar-refractivity contribution in [3.05, 3.63) is 16.1 Å². The molecule has 3 N–H and O–H groups in total. The van der Waals surface area contributed by atoms with Crippen molar-refractivity contribution in [3.8, 4) is 0 Å². The zero-order valence-electron chi connectivity index (χ0n) is 12.3. The number of aryl methyl sites for hydroxylation is 1. The molecule has 1 aromatic rings.